The third kappa shape index (κ3) is 4.52. The highest BCUT2D eigenvalue weighted by Crippen LogP contribution is 2.13. The van der Waals surface area contributed by atoms with Crippen molar-refractivity contribution in [3.8, 4) is 0 Å². The standard InChI is InChI=1S/C14H11BrFN3O3/c15-10-3-4-12(16)9(6-10)7-18-19-14(21)13(20)17-8-11-2-1-5-22-11/h1-7H,8H2,(H,17,20)(H,19,21)/b18-7+. The van der Waals surface area contributed by atoms with Gasteiger partial charge in [-0.3, -0.25) is 9.59 Å². The van der Waals surface area contributed by atoms with Crippen LogP contribution in [0.15, 0.2) is 50.6 Å². The normalized spacial score (nSPS) is 10.6. The van der Waals surface area contributed by atoms with Crippen LogP contribution in [0.3, 0.4) is 0 Å². The molecule has 0 spiro atoms. The highest BCUT2D eigenvalue weighted by molar-refractivity contribution is 9.10. The summed E-state index contributed by atoms with van der Waals surface area (Å²) in [5.41, 5.74) is 2.19. The van der Waals surface area contributed by atoms with Crippen molar-refractivity contribution in [1.29, 1.82) is 0 Å². The van der Waals surface area contributed by atoms with Gasteiger partial charge in [0.2, 0.25) is 0 Å². The summed E-state index contributed by atoms with van der Waals surface area (Å²) in [7, 11) is 0. The van der Waals surface area contributed by atoms with Crippen LogP contribution in [-0.4, -0.2) is 18.0 Å². The minimum atomic E-state index is -0.960. The number of carbonyl (C=O) groups is 2. The average molecular weight is 368 g/mol. The third-order valence-electron chi connectivity index (χ3n) is 2.54. The molecule has 0 unspecified atom stereocenters. The summed E-state index contributed by atoms with van der Waals surface area (Å²) in [5, 5.41) is 5.89. The van der Waals surface area contributed by atoms with Crippen LogP contribution in [0.4, 0.5) is 4.39 Å². The predicted molar refractivity (Wildman–Crippen MR) is 80.4 cm³/mol. The van der Waals surface area contributed by atoms with Crippen molar-refractivity contribution in [3.63, 3.8) is 0 Å². The summed E-state index contributed by atoms with van der Waals surface area (Å²) in [6.07, 6.45) is 2.57. The molecule has 0 atom stereocenters. The molecule has 8 heteroatoms. The Morgan fingerprint density at radius 1 is 1.32 bits per heavy atom. The molecule has 0 saturated heterocycles. The number of rotatable bonds is 4. The van der Waals surface area contributed by atoms with Crippen molar-refractivity contribution < 1.29 is 18.4 Å². The zero-order valence-corrected chi connectivity index (χ0v) is 12.8. The molecular formula is C14H11BrFN3O3. The fraction of sp³-hybridized carbons (Fsp3) is 0.0714. The first-order chi connectivity index (χ1) is 10.6. The Morgan fingerprint density at radius 3 is 2.86 bits per heavy atom. The van der Waals surface area contributed by atoms with Gasteiger partial charge in [-0.25, -0.2) is 9.82 Å². The van der Waals surface area contributed by atoms with Crippen LogP contribution in [0.5, 0.6) is 0 Å². The molecule has 0 aliphatic carbocycles. The second kappa shape index (κ2) is 7.51. The monoisotopic (exact) mass is 367 g/mol. The van der Waals surface area contributed by atoms with E-state index < -0.39 is 17.6 Å². The number of halogens is 2. The molecule has 0 radical (unpaired) electrons. The summed E-state index contributed by atoms with van der Waals surface area (Å²) in [6.45, 7) is 0.0865. The third-order valence-corrected chi connectivity index (χ3v) is 3.03. The summed E-state index contributed by atoms with van der Waals surface area (Å²) >= 11 is 3.19. The van der Waals surface area contributed by atoms with E-state index in [1.165, 1.54) is 24.5 Å². The van der Waals surface area contributed by atoms with E-state index in [1.54, 1.807) is 12.1 Å². The Hall–Kier alpha value is -2.48. The number of nitrogens with one attached hydrogen (secondary N) is 2. The van der Waals surface area contributed by atoms with Gasteiger partial charge in [0.1, 0.15) is 11.6 Å². The van der Waals surface area contributed by atoms with Crippen LogP contribution in [0, 0.1) is 5.82 Å². The fourth-order valence-corrected chi connectivity index (χ4v) is 1.86. The van der Waals surface area contributed by atoms with Gasteiger partial charge in [-0.2, -0.15) is 5.10 Å². The van der Waals surface area contributed by atoms with Crippen molar-refractivity contribution in [2.75, 3.05) is 0 Å². The maximum Gasteiger partial charge on any atom is 0.329 e. The number of hydrazone groups is 1. The fourth-order valence-electron chi connectivity index (χ4n) is 1.49. The molecule has 1 heterocycles. The van der Waals surface area contributed by atoms with Crippen LogP contribution in [0.2, 0.25) is 0 Å². The Kier molecular flexibility index (Phi) is 5.42. The second-order valence-electron chi connectivity index (χ2n) is 4.13. The largest absolute Gasteiger partial charge is 0.467 e. The van der Waals surface area contributed by atoms with Gasteiger partial charge in [-0.05, 0) is 30.3 Å². The number of nitrogens with zero attached hydrogens (tertiary/aromatic N) is 1. The number of furan rings is 1. The number of amides is 2. The summed E-state index contributed by atoms with van der Waals surface area (Å²) in [5.74, 6) is -1.81. The van der Waals surface area contributed by atoms with Gasteiger partial charge in [0.15, 0.2) is 0 Å². The first kappa shape index (κ1) is 15.9. The molecule has 0 aliphatic rings. The van der Waals surface area contributed by atoms with Crippen molar-refractivity contribution >= 4 is 34.0 Å². The molecule has 0 bridgehead atoms. The van der Waals surface area contributed by atoms with Gasteiger partial charge in [0.25, 0.3) is 0 Å². The predicted octanol–water partition coefficient (Wildman–Crippen LogP) is 1.95. The molecule has 2 rings (SSSR count). The maximum absolute atomic E-state index is 13.4. The van der Waals surface area contributed by atoms with Crippen LogP contribution < -0.4 is 10.7 Å². The zero-order chi connectivity index (χ0) is 15.9. The minimum Gasteiger partial charge on any atom is -0.467 e. The van der Waals surface area contributed by atoms with Crippen LogP contribution in [0.25, 0.3) is 0 Å². The smallest absolute Gasteiger partial charge is 0.329 e. The molecular weight excluding hydrogens is 357 g/mol. The Morgan fingerprint density at radius 2 is 2.14 bits per heavy atom. The van der Waals surface area contributed by atoms with E-state index in [0.717, 1.165) is 6.21 Å². The lowest BCUT2D eigenvalue weighted by atomic mass is 10.2. The molecule has 6 nitrogen and oxygen atoms in total. The second-order valence-corrected chi connectivity index (χ2v) is 5.04. The Balaban J connectivity index is 1.85. The molecule has 2 N–H and O–H groups in total. The molecule has 2 amide bonds. The summed E-state index contributed by atoms with van der Waals surface area (Å²) < 4.78 is 19.1. The molecule has 114 valence electrons. The number of hydrogen-bond acceptors (Lipinski definition) is 4. The number of hydrogen-bond donors (Lipinski definition) is 2. The molecule has 1 aromatic carbocycles. The van der Waals surface area contributed by atoms with E-state index in [2.05, 4.69) is 26.3 Å². The lowest BCUT2D eigenvalue weighted by Gasteiger charge is -2.01. The molecule has 1 aromatic heterocycles. The van der Waals surface area contributed by atoms with Crippen molar-refractivity contribution in [2.45, 2.75) is 6.54 Å². The highest BCUT2D eigenvalue weighted by Gasteiger charge is 2.12. The van der Waals surface area contributed by atoms with Crippen LogP contribution in [-0.2, 0) is 16.1 Å². The Labute approximate surface area is 133 Å². The molecule has 2 aromatic rings. The van der Waals surface area contributed by atoms with Gasteiger partial charge in [0.05, 0.1) is 19.0 Å². The van der Waals surface area contributed by atoms with E-state index >= 15 is 0 Å². The van der Waals surface area contributed by atoms with Crippen molar-refractivity contribution in [2.24, 2.45) is 5.10 Å². The molecule has 0 saturated carbocycles. The van der Waals surface area contributed by atoms with Gasteiger partial charge >= 0.3 is 11.8 Å². The van der Waals surface area contributed by atoms with Gasteiger partial charge in [-0.15, -0.1) is 0 Å². The molecule has 0 fully saturated rings. The summed E-state index contributed by atoms with van der Waals surface area (Å²) in [4.78, 5) is 23.0. The topological polar surface area (TPSA) is 83.7 Å². The highest BCUT2D eigenvalue weighted by atomic mass is 79.9. The van der Waals surface area contributed by atoms with Gasteiger partial charge < -0.3 is 9.73 Å². The lowest BCUT2D eigenvalue weighted by Crippen LogP contribution is -2.37. The first-order valence-electron chi connectivity index (χ1n) is 6.15. The molecule has 0 aliphatic heterocycles. The van der Waals surface area contributed by atoms with E-state index in [-0.39, 0.29) is 12.1 Å². The zero-order valence-electron chi connectivity index (χ0n) is 11.2. The summed E-state index contributed by atoms with van der Waals surface area (Å²) in [6, 6.07) is 7.60. The first-order valence-corrected chi connectivity index (χ1v) is 6.94. The lowest BCUT2D eigenvalue weighted by molar-refractivity contribution is -0.139. The molecule has 22 heavy (non-hydrogen) atoms. The number of benzene rings is 1. The van der Waals surface area contributed by atoms with Gasteiger partial charge in [-0.1, -0.05) is 15.9 Å². The Bertz CT molecular complexity index is 701. The maximum atomic E-state index is 13.4. The number of carbonyl (C=O) groups excluding carboxylic acids is 2. The average Bonchev–Trinajstić information content (AvgIpc) is 3.01. The SMILES string of the molecule is O=C(NCc1ccco1)C(=O)N/N=C/c1cc(Br)ccc1F. The van der Waals surface area contributed by atoms with E-state index in [4.69, 9.17) is 4.42 Å². The minimum absolute atomic E-state index is 0.0865. The van der Waals surface area contributed by atoms with Crippen molar-refractivity contribution in [1.82, 2.24) is 10.7 Å². The van der Waals surface area contributed by atoms with E-state index in [1.807, 2.05) is 5.43 Å². The van der Waals surface area contributed by atoms with E-state index in [9.17, 15) is 14.0 Å². The van der Waals surface area contributed by atoms with Crippen LogP contribution >= 0.6 is 15.9 Å². The van der Waals surface area contributed by atoms with Crippen molar-refractivity contribution in [3.05, 3.63) is 58.2 Å². The quantitative estimate of drug-likeness (QED) is 0.492. The van der Waals surface area contributed by atoms with Crippen LogP contribution in [0.1, 0.15) is 11.3 Å². The van der Waals surface area contributed by atoms with Gasteiger partial charge in [0, 0.05) is 10.0 Å². The van der Waals surface area contributed by atoms with E-state index in [0.29, 0.717) is 10.2 Å².